The Morgan fingerprint density at radius 3 is 2.61 bits per heavy atom. The molecule has 0 atom stereocenters. The van der Waals surface area contributed by atoms with Crippen LogP contribution in [0, 0.1) is 0 Å². The number of fused-ring (bicyclic) bond motifs is 1. The van der Waals surface area contributed by atoms with E-state index in [1.54, 1.807) is 25.3 Å². The number of hydrogen-bond acceptors (Lipinski definition) is 7. The van der Waals surface area contributed by atoms with Crippen LogP contribution in [0.3, 0.4) is 0 Å². The number of aromatic nitrogens is 3. The summed E-state index contributed by atoms with van der Waals surface area (Å²) in [6, 6.07) is 14.5. The van der Waals surface area contributed by atoms with Crippen LogP contribution in [0.1, 0.15) is 38.2 Å². The lowest BCUT2D eigenvalue weighted by Crippen LogP contribution is -2.26. The number of hydrogen-bond donors (Lipinski definition) is 0. The minimum atomic E-state index is -0.462. The zero-order valence-electron chi connectivity index (χ0n) is 18.6. The predicted octanol–water partition coefficient (Wildman–Crippen LogP) is 3.69. The second-order valence-corrected chi connectivity index (χ2v) is 8.57. The monoisotopic (exact) mass is 463 g/mol. The molecule has 0 fully saturated rings. The first-order valence-electron chi connectivity index (χ1n) is 10.9. The summed E-state index contributed by atoms with van der Waals surface area (Å²) in [6.07, 6.45) is 6.25. The molecule has 8 heteroatoms. The molecule has 0 aliphatic rings. The van der Waals surface area contributed by atoms with Crippen molar-refractivity contribution in [3.8, 4) is 22.8 Å². The molecule has 33 heavy (non-hydrogen) atoms. The number of rotatable bonds is 9. The summed E-state index contributed by atoms with van der Waals surface area (Å²) in [5.41, 5.74) is 0.762. The number of unbranched alkanes of at least 4 members (excludes halogenated alkanes) is 3. The van der Waals surface area contributed by atoms with E-state index < -0.39 is 5.56 Å². The highest BCUT2D eigenvalue weighted by molar-refractivity contribution is 7.15. The summed E-state index contributed by atoms with van der Waals surface area (Å²) in [6.45, 7) is 2.81. The zero-order chi connectivity index (χ0) is 23.2. The normalized spacial score (nSPS) is 11.8. The van der Waals surface area contributed by atoms with Gasteiger partial charge in [0.1, 0.15) is 0 Å². The first-order chi connectivity index (χ1) is 16.1. The maximum Gasteiger partial charge on any atom is 0.300 e. The molecule has 0 N–H and O–H groups in total. The summed E-state index contributed by atoms with van der Waals surface area (Å²) < 4.78 is 13.0. The Hall–Kier alpha value is -3.52. The second kappa shape index (κ2) is 10.4. The van der Waals surface area contributed by atoms with E-state index in [4.69, 9.17) is 9.47 Å². The Bertz CT molecular complexity index is 1410. The van der Waals surface area contributed by atoms with Gasteiger partial charge in [-0.3, -0.25) is 9.59 Å². The quantitative estimate of drug-likeness (QED) is 0.352. The Labute approximate surface area is 195 Å². The first-order valence-corrected chi connectivity index (χ1v) is 11.7. The third-order valence-corrected chi connectivity index (χ3v) is 6.13. The van der Waals surface area contributed by atoms with E-state index in [-0.39, 0.29) is 16.2 Å². The molecule has 4 aromatic rings. The van der Waals surface area contributed by atoms with Gasteiger partial charge in [-0.15, -0.1) is 0 Å². The molecule has 0 bridgehead atoms. The highest BCUT2D eigenvalue weighted by atomic mass is 32.1. The highest BCUT2D eigenvalue weighted by Gasteiger charge is 2.13. The van der Waals surface area contributed by atoms with Gasteiger partial charge in [-0.25, -0.2) is 0 Å². The van der Waals surface area contributed by atoms with Crippen LogP contribution in [0.25, 0.3) is 22.3 Å². The van der Waals surface area contributed by atoms with E-state index >= 15 is 0 Å². The van der Waals surface area contributed by atoms with E-state index in [1.807, 2.05) is 36.4 Å². The predicted molar refractivity (Wildman–Crippen MR) is 130 cm³/mol. The van der Waals surface area contributed by atoms with Gasteiger partial charge in [0.25, 0.3) is 5.56 Å². The summed E-state index contributed by atoms with van der Waals surface area (Å²) in [5, 5.41) is 4.28. The third kappa shape index (κ3) is 5.12. The van der Waals surface area contributed by atoms with Crippen molar-refractivity contribution in [3.05, 3.63) is 79.3 Å². The molecule has 170 valence electrons. The maximum absolute atomic E-state index is 13.0. The minimum Gasteiger partial charge on any atom is -0.493 e. The van der Waals surface area contributed by atoms with E-state index in [0.717, 1.165) is 29.7 Å². The molecule has 0 radical (unpaired) electrons. The summed E-state index contributed by atoms with van der Waals surface area (Å²) in [5.74, 6) is 1.27. The number of thiazole rings is 1. The van der Waals surface area contributed by atoms with E-state index in [0.29, 0.717) is 28.2 Å². The molecule has 0 amide bonds. The van der Waals surface area contributed by atoms with Crippen molar-refractivity contribution in [2.24, 2.45) is 0 Å². The number of methoxy groups -OCH3 is 1. The van der Waals surface area contributed by atoms with Gasteiger partial charge < -0.3 is 9.47 Å². The number of nitrogens with zero attached hydrogens (tertiary/aromatic N) is 3. The fourth-order valence-corrected chi connectivity index (χ4v) is 4.35. The van der Waals surface area contributed by atoms with Crippen LogP contribution in [0.5, 0.6) is 11.5 Å². The maximum atomic E-state index is 13.0. The molecule has 0 saturated heterocycles. The molecule has 0 saturated carbocycles. The van der Waals surface area contributed by atoms with E-state index in [9.17, 15) is 9.59 Å². The lowest BCUT2D eigenvalue weighted by molar-refractivity contribution is 0.285. The Kier molecular flexibility index (Phi) is 7.14. The SMILES string of the molecule is CCCCCCOc1ccc(/C=c2/sc3nc(=O)c(-c4ccccc4)nn3c2=O)cc1OC. The van der Waals surface area contributed by atoms with Gasteiger partial charge in [0.2, 0.25) is 4.96 Å². The van der Waals surface area contributed by atoms with Gasteiger partial charge in [0.05, 0.1) is 18.2 Å². The van der Waals surface area contributed by atoms with Gasteiger partial charge in [-0.05, 0) is 30.2 Å². The Morgan fingerprint density at radius 2 is 1.85 bits per heavy atom. The van der Waals surface area contributed by atoms with Crippen LogP contribution in [-0.2, 0) is 0 Å². The molecule has 7 nitrogen and oxygen atoms in total. The fraction of sp³-hybridized carbons (Fsp3) is 0.280. The molecule has 0 unspecified atom stereocenters. The van der Waals surface area contributed by atoms with Gasteiger partial charge in [0.15, 0.2) is 17.2 Å². The van der Waals surface area contributed by atoms with Crippen molar-refractivity contribution >= 4 is 22.4 Å². The summed E-state index contributed by atoms with van der Waals surface area (Å²) >= 11 is 1.13. The van der Waals surface area contributed by atoms with Gasteiger partial charge in [0, 0.05) is 5.56 Å². The van der Waals surface area contributed by atoms with E-state index in [2.05, 4.69) is 17.0 Å². The van der Waals surface area contributed by atoms with Crippen molar-refractivity contribution in [2.75, 3.05) is 13.7 Å². The van der Waals surface area contributed by atoms with Crippen LogP contribution >= 0.6 is 11.3 Å². The van der Waals surface area contributed by atoms with Crippen molar-refractivity contribution < 1.29 is 9.47 Å². The van der Waals surface area contributed by atoms with Crippen LogP contribution in [0.4, 0.5) is 0 Å². The molecule has 2 heterocycles. The second-order valence-electron chi connectivity index (χ2n) is 7.56. The lowest BCUT2D eigenvalue weighted by Gasteiger charge is -2.11. The molecular weight excluding hydrogens is 438 g/mol. The van der Waals surface area contributed by atoms with Crippen molar-refractivity contribution in [3.63, 3.8) is 0 Å². The van der Waals surface area contributed by atoms with Gasteiger partial charge in [-0.2, -0.15) is 14.6 Å². The standard InChI is InChI=1S/C25H25N3O4S/c1-3-4-5-9-14-32-19-13-12-17(15-20(19)31-2)16-21-24(30)28-25(33-21)26-23(29)22(27-28)18-10-7-6-8-11-18/h6-8,10-13,15-16H,3-5,9,14H2,1-2H3/b21-16+. The third-order valence-electron chi connectivity index (χ3n) is 5.17. The largest absolute Gasteiger partial charge is 0.493 e. The van der Waals surface area contributed by atoms with Crippen LogP contribution in [0.2, 0.25) is 0 Å². The van der Waals surface area contributed by atoms with Gasteiger partial charge >= 0.3 is 5.56 Å². The minimum absolute atomic E-state index is 0.150. The first kappa shape index (κ1) is 22.7. The summed E-state index contributed by atoms with van der Waals surface area (Å²) in [7, 11) is 1.59. The van der Waals surface area contributed by atoms with Crippen LogP contribution in [-0.4, -0.2) is 28.3 Å². The Balaban J connectivity index is 1.65. The van der Waals surface area contributed by atoms with Crippen molar-refractivity contribution in [1.29, 1.82) is 0 Å². The highest BCUT2D eigenvalue weighted by Crippen LogP contribution is 2.28. The topological polar surface area (TPSA) is 82.8 Å². The fourth-order valence-electron chi connectivity index (χ4n) is 3.44. The molecule has 4 rings (SSSR count). The van der Waals surface area contributed by atoms with Gasteiger partial charge in [-0.1, -0.05) is 73.9 Å². The number of ether oxygens (including phenoxy) is 2. The number of benzene rings is 2. The Morgan fingerprint density at radius 1 is 1.03 bits per heavy atom. The van der Waals surface area contributed by atoms with Crippen molar-refractivity contribution in [2.45, 2.75) is 32.6 Å². The molecule has 0 aliphatic carbocycles. The zero-order valence-corrected chi connectivity index (χ0v) is 19.4. The molecule has 0 aliphatic heterocycles. The average Bonchev–Trinajstić information content (AvgIpc) is 3.13. The molecule has 2 aromatic heterocycles. The van der Waals surface area contributed by atoms with Crippen LogP contribution in [0.15, 0.2) is 58.1 Å². The average molecular weight is 464 g/mol. The summed E-state index contributed by atoms with van der Waals surface area (Å²) in [4.78, 5) is 29.7. The molecular formula is C25H25N3O4S. The lowest BCUT2D eigenvalue weighted by atomic mass is 10.2. The van der Waals surface area contributed by atoms with Crippen molar-refractivity contribution in [1.82, 2.24) is 14.6 Å². The molecule has 0 spiro atoms. The smallest absolute Gasteiger partial charge is 0.300 e. The molecule has 2 aromatic carbocycles. The van der Waals surface area contributed by atoms with E-state index in [1.165, 1.54) is 17.4 Å². The van der Waals surface area contributed by atoms with Crippen LogP contribution < -0.4 is 25.1 Å².